The van der Waals surface area contributed by atoms with Crippen LogP contribution in [0.2, 0.25) is 0 Å². The van der Waals surface area contributed by atoms with E-state index in [1.807, 2.05) is 9.80 Å². The van der Waals surface area contributed by atoms with E-state index >= 15 is 0 Å². The third-order valence-corrected chi connectivity index (χ3v) is 7.76. The minimum Gasteiger partial charge on any atom is -0.365 e. The predicted molar refractivity (Wildman–Crippen MR) is 131 cm³/mol. The Morgan fingerprint density at radius 3 is 2.21 bits per heavy atom. The summed E-state index contributed by atoms with van der Waals surface area (Å²) in [6, 6.07) is 17.3. The average Bonchev–Trinajstić information content (AvgIpc) is 3.27. The number of hydrogen-bond donors (Lipinski definition) is 0. The van der Waals surface area contributed by atoms with Gasteiger partial charge in [-0.25, -0.2) is 0 Å². The van der Waals surface area contributed by atoms with Gasteiger partial charge in [0.25, 0.3) is 0 Å². The molecule has 0 saturated carbocycles. The fourth-order valence-corrected chi connectivity index (χ4v) is 5.98. The van der Waals surface area contributed by atoms with Crippen LogP contribution in [0.1, 0.15) is 36.5 Å². The molecule has 2 heterocycles. The van der Waals surface area contributed by atoms with Gasteiger partial charge in [0.1, 0.15) is 0 Å². The normalized spacial score (nSPS) is 23.5. The number of carbonyl (C=O) groups is 2. The maximum Gasteiger partial charge on any atom is 0.227 e. The van der Waals surface area contributed by atoms with Crippen molar-refractivity contribution in [3.05, 3.63) is 65.2 Å². The number of aryl methyl sites for hydroxylation is 1. The van der Waals surface area contributed by atoms with Crippen LogP contribution in [0.15, 0.2) is 48.5 Å². The summed E-state index contributed by atoms with van der Waals surface area (Å²) < 4.78 is 0. The Balaban J connectivity index is 1.19. The Morgan fingerprint density at radius 1 is 0.818 bits per heavy atom. The molecule has 0 spiro atoms. The molecule has 174 valence electrons. The summed E-state index contributed by atoms with van der Waals surface area (Å²) in [6.45, 7) is 8.04. The predicted octanol–water partition coefficient (Wildman–Crippen LogP) is 3.69. The smallest absolute Gasteiger partial charge is 0.227 e. The Kier molecular flexibility index (Phi) is 6.13. The topological polar surface area (TPSA) is 43.9 Å². The number of hydrogen-bond acceptors (Lipinski definition) is 3. The molecule has 2 aromatic carbocycles. The van der Waals surface area contributed by atoms with Gasteiger partial charge in [-0.05, 0) is 68.4 Å². The number of benzene rings is 2. The fourth-order valence-electron chi connectivity index (χ4n) is 5.98. The van der Waals surface area contributed by atoms with Crippen LogP contribution in [0.3, 0.4) is 0 Å². The lowest BCUT2D eigenvalue weighted by Gasteiger charge is -2.43. The molecule has 3 aliphatic rings. The lowest BCUT2D eigenvalue weighted by Crippen LogP contribution is -2.56. The van der Waals surface area contributed by atoms with Crippen molar-refractivity contribution in [3.8, 4) is 0 Å². The van der Waals surface area contributed by atoms with E-state index < -0.39 is 0 Å². The number of piperidine rings is 1. The number of fused-ring (bicyclic) bond motifs is 1. The second kappa shape index (κ2) is 9.20. The second-order valence-corrected chi connectivity index (χ2v) is 10.2. The molecule has 2 unspecified atom stereocenters. The van der Waals surface area contributed by atoms with E-state index in [1.54, 1.807) is 0 Å². The largest absolute Gasteiger partial charge is 0.365 e. The molecule has 2 amide bonds. The van der Waals surface area contributed by atoms with Crippen LogP contribution >= 0.6 is 0 Å². The van der Waals surface area contributed by atoms with E-state index in [-0.39, 0.29) is 29.7 Å². The van der Waals surface area contributed by atoms with E-state index in [1.165, 1.54) is 22.4 Å². The first kappa shape index (κ1) is 22.0. The molecule has 2 atom stereocenters. The Morgan fingerprint density at radius 2 is 1.52 bits per heavy atom. The molecular formula is C28H35N3O2. The van der Waals surface area contributed by atoms with Crippen LogP contribution in [0.25, 0.3) is 0 Å². The summed E-state index contributed by atoms with van der Waals surface area (Å²) in [5.41, 5.74) is 5.11. The van der Waals surface area contributed by atoms with E-state index in [0.717, 1.165) is 51.9 Å². The van der Waals surface area contributed by atoms with Gasteiger partial charge >= 0.3 is 0 Å². The minimum absolute atomic E-state index is 0.0362. The van der Waals surface area contributed by atoms with Crippen LogP contribution in [-0.4, -0.2) is 60.4 Å². The van der Waals surface area contributed by atoms with Crippen molar-refractivity contribution in [1.29, 1.82) is 0 Å². The highest BCUT2D eigenvalue weighted by Gasteiger charge is 2.37. The van der Waals surface area contributed by atoms with Gasteiger partial charge in [0, 0.05) is 50.4 Å². The average molecular weight is 446 g/mol. The molecule has 0 N–H and O–H groups in total. The van der Waals surface area contributed by atoms with Crippen LogP contribution in [0, 0.1) is 18.8 Å². The summed E-state index contributed by atoms with van der Waals surface area (Å²) in [5.74, 6) is 0.442. The molecule has 1 aliphatic carbocycles. The first-order valence-electron chi connectivity index (χ1n) is 12.5. The molecule has 2 saturated heterocycles. The third kappa shape index (κ3) is 4.50. The number of likely N-dealkylation sites (tertiary alicyclic amines) is 1. The Bertz CT molecular complexity index is 1010. The lowest BCUT2D eigenvalue weighted by atomic mass is 9.94. The maximum absolute atomic E-state index is 13.4. The monoisotopic (exact) mass is 445 g/mol. The molecule has 5 rings (SSSR count). The first-order valence-corrected chi connectivity index (χ1v) is 12.5. The zero-order valence-corrected chi connectivity index (χ0v) is 19.9. The Hall–Kier alpha value is -2.82. The van der Waals surface area contributed by atoms with Gasteiger partial charge in [-0.2, -0.15) is 0 Å². The summed E-state index contributed by atoms with van der Waals surface area (Å²) in [4.78, 5) is 33.2. The molecule has 5 heteroatoms. The maximum atomic E-state index is 13.4. The summed E-state index contributed by atoms with van der Waals surface area (Å²) in [7, 11) is 0. The zero-order chi connectivity index (χ0) is 22.9. The van der Waals surface area contributed by atoms with Crippen molar-refractivity contribution in [2.45, 2.75) is 45.6 Å². The number of nitrogens with zero attached hydrogens (tertiary/aromatic N) is 3. The third-order valence-electron chi connectivity index (χ3n) is 7.76. The van der Waals surface area contributed by atoms with E-state index in [0.29, 0.717) is 6.54 Å². The van der Waals surface area contributed by atoms with E-state index in [9.17, 15) is 9.59 Å². The van der Waals surface area contributed by atoms with Crippen LogP contribution in [-0.2, 0) is 22.4 Å². The molecule has 2 fully saturated rings. The SMILES string of the molecule is Cc1cccc(N2CCN(C(=O)C3CCCN(C(=O)C4Cc5ccccc5C4)C3)CC2C)c1. The van der Waals surface area contributed by atoms with Crippen molar-refractivity contribution >= 4 is 17.5 Å². The standard InChI is InChI=1S/C28H35N3O2/c1-20-7-5-11-26(15-20)31-14-13-30(18-21(31)2)27(32)24-10-6-12-29(19-24)28(33)25-16-22-8-3-4-9-23(22)17-25/h3-5,7-9,11,15,21,24-25H,6,10,12-14,16-19H2,1-2H3. The van der Waals surface area contributed by atoms with Gasteiger partial charge in [0.15, 0.2) is 0 Å². The number of carbonyl (C=O) groups excluding carboxylic acids is 2. The van der Waals surface area contributed by atoms with Crippen molar-refractivity contribution in [2.75, 3.05) is 37.6 Å². The van der Waals surface area contributed by atoms with Crippen LogP contribution in [0.5, 0.6) is 0 Å². The van der Waals surface area contributed by atoms with Crippen molar-refractivity contribution < 1.29 is 9.59 Å². The molecule has 5 nitrogen and oxygen atoms in total. The molecule has 0 bridgehead atoms. The van der Waals surface area contributed by atoms with E-state index in [2.05, 4.69) is 67.3 Å². The van der Waals surface area contributed by atoms with E-state index in [4.69, 9.17) is 0 Å². The van der Waals surface area contributed by atoms with Gasteiger partial charge in [-0.15, -0.1) is 0 Å². The van der Waals surface area contributed by atoms with Crippen molar-refractivity contribution in [3.63, 3.8) is 0 Å². The molecule has 0 aromatic heterocycles. The summed E-state index contributed by atoms with van der Waals surface area (Å²) in [5, 5.41) is 0. The van der Waals surface area contributed by atoms with Gasteiger partial charge in [-0.3, -0.25) is 9.59 Å². The highest BCUT2D eigenvalue weighted by atomic mass is 16.2. The van der Waals surface area contributed by atoms with Crippen LogP contribution in [0.4, 0.5) is 5.69 Å². The Labute approximate surface area is 197 Å². The van der Waals surface area contributed by atoms with Gasteiger partial charge in [0.2, 0.25) is 11.8 Å². The van der Waals surface area contributed by atoms with Gasteiger partial charge < -0.3 is 14.7 Å². The second-order valence-electron chi connectivity index (χ2n) is 10.2. The number of anilines is 1. The van der Waals surface area contributed by atoms with Crippen molar-refractivity contribution in [1.82, 2.24) is 9.80 Å². The van der Waals surface area contributed by atoms with Gasteiger partial charge in [0.05, 0.1) is 5.92 Å². The molecular weight excluding hydrogens is 410 g/mol. The highest BCUT2D eigenvalue weighted by molar-refractivity contribution is 5.83. The number of piperazine rings is 1. The summed E-state index contributed by atoms with van der Waals surface area (Å²) in [6.07, 6.45) is 3.48. The molecule has 2 aromatic rings. The van der Waals surface area contributed by atoms with Crippen LogP contribution < -0.4 is 4.90 Å². The summed E-state index contributed by atoms with van der Waals surface area (Å²) >= 11 is 0. The molecule has 33 heavy (non-hydrogen) atoms. The fraction of sp³-hybridized carbons (Fsp3) is 0.500. The zero-order valence-electron chi connectivity index (χ0n) is 19.9. The minimum atomic E-state index is -0.0656. The van der Waals surface area contributed by atoms with Gasteiger partial charge in [-0.1, -0.05) is 36.4 Å². The number of amides is 2. The first-order chi connectivity index (χ1) is 16.0. The molecule has 2 aliphatic heterocycles. The lowest BCUT2D eigenvalue weighted by molar-refractivity contribution is -0.143. The quantitative estimate of drug-likeness (QED) is 0.724. The van der Waals surface area contributed by atoms with Crippen molar-refractivity contribution in [2.24, 2.45) is 11.8 Å². The molecule has 0 radical (unpaired) electrons. The highest BCUT2D eigenvalue weighted by Crippen LogP contribution is 2.30. The number of rotatable bonds is 3.